The molecule has 1 spiro atoms. The van der Waals surface area contributed by atoms with Crippen LogP contribution in [0.5, 0.6) is 0 Å². The summed E-state index contributed by atoms with van der Waals surface area (Å²) < 4.78 is 5.27. The Labute approximate surface area is 95.9 Å². The fraction of sp³-hybridized carbons (Fsp3) is 0.833. The van der Waals surface area contributed by atoms with Gasteiger partial charge in [-0.3, -0.25) is 4.79 Å². The van der Waals surface area contributed by atoms with Crippen LogP contribution in [0.3, 0.4) is 0 Å². The molecule has 2 fully saturated rings. The Balaban J connectivity index is 1.84. The molecule has 0 atom stereocenters. The van der Waals surface area contributed by atoms with E-state index >= 15 is 0 Å². The zero-order valence-electron chi connectivity index (χ0n) is 10.2. The topological polar surface area (TPSA) is 46.6 Å². The average Bonchev–Trinajstić information content (AvgIpc) is 2.41. The van der Waals surface area contributed by atoms with E-state index in [0.717, 1.165) is 6.42 Å². The molecule has 2 rings (SSSR count). The number of ketones is 1. The largest absolute Gasteiger partial charge is 0.444 e. The minimum absolute atomic E-state index is 0.0913. The molecule has 0 bridgehead atoms. The van der Waals surface area contributed by atoms with Gasteiger partial charge < -0.3 is 9.64 Å². The molecule has 2 aliphatic rings. The van der Waals surface area contributed by atoms with Gasteiger partial charge in [0.1, 0.15) is 11.4 Å². The predicted octanol–water partition coefficient (Wildman–Crippen LogP) is 1.98. The van der Waals surface area contributed by atoms with Gasteiger partial charge in [0, 0.05) is 31.3 Å². The third-order valence-corrected chi connectivity index (χ3v) is 3.21. The molecule has 4 heteroatoms. The van der Waals surface area contributed by atoms with E-state index in [9.17, 15) is 9.59 Å². The van der Waals surface area contributed by atoms with E-state index in [1.54, 1.807) is 4.90 Å². The summed E-state index contributed by atoms with van der Waals surface area (Å²) >= 11 is 0. The molecule has 4 nitrogen and oxygen atoms in total. The van der Waals surface area contributed by atoms with E-state index in [0.29, 0.717) is 31.7 Å². The van der Waals surface area contributed by atoms with Gasteiger partial charge in [-0.25, -0.2) is 4.79 Å². The normalized spacial score (nSPS) is 23.4. The van der Waals surface area contributed by atoms with Crippen molar-refractivity contribution in [1.82, 2.24) is 4.90 Å². The minimum atomic E-state index is -0.439. The highest BCUT2D eigenvalue weighted by Crippen LogP contribution is 2.44. The van der Waals surface area contributed by atoms with Gasteiger partial charge >= 0.3 is 6.09 Å². The SMILES string of the molecule is CC(C)(C)OC(=O)N1CC2(CCC(=O)C2)C1. The van der Waals surface area contributed by atoms with E-state index in [1.165, 1.54) is 0 Å². The second kappa shape index (κ2) is 3.47. The van der Waals surface area contributed by atoms with Crippen molar-refractivity contribution in [3.8, 4) is 0 Å². The summed E-state index contributed by atoms with van der Waals surface area (Å²) in [4.78, 5) is 24.6. The standard InChI is InChI=1S/C12H19NO3/c1-11(2,3)16-10(15)13-7-12(8-13)5-4-9(14)6-12/h4-8H2,1-3H3. The number of Topliss-reactive ketones (excluding diaryl/α,β-unsaturated/α-hetero) is 1. The molecule has 0 aromatic carbocycles. The van der Waals surface area contributed by atoms with Gasteiger partial charge in [-0.1, -0.05) is 0 Å². The molecule has 16 heavy (non-hydrogen) atoms. The Morgan fingerprint density at radius 1 is 1.38 bits per heavy atom. The van der Waals surface area contributed by atoms with Crippen molar-refractivity contribution in [3.63, 3.8) is 0 Å². The van der Waals surface area contributed by atoms with Gasteiger partial charge in [0.2, 0.25) is 0 Å². The summed E-state index contributed by atoms with van der Waals surface area (Å²) in [5.74, 6) is 0.337. The first-order valence-electron chi connectivity index (χ1n) is 5.79. The lowest BCUT2D eigenvalue weighted by atomic mass is 9.78. The Kier molecular flexibility index (Phi) is 2.48. The number of carbonyl (C=O) groups excluding carboxylic acids is 2. The van der Waals surface area contributed by atoms with Gasteiger partial charge in [-0.15, -0.1) is 0 Å². The van der Waals surface area contributed by atoms with E-state index < -0.39 is 5.60 Å². The summed E-state index contributed by atoms with van der Waals surface area (Å²) in [6.45, 7) is 6.96. The number of hydrogen-bond acceptors (Lipinski definition) is 3. The predicted molar refractivity (Wildman–Crippen MR) is 59.1 cm³/mol. The summed E-state index contributed by atoms with van der Waals surface area (Å²) in [6, 6.07) is 0. The van der Waals surface area contributed by atoms with Crippen LogP contribution in [0.2, 0.25) is 0 Å². The zero-order chi connectivity index (χ0) is 12.0. The van der Waals surface area contributed by atoms with E-state index in [1.807, 2.05) is 20.8 Å². The quantitative estimate of drug-likeness (QED) is 0.633. The van der Waals surface area contributed by atoms with Crippen LogP contribution in [0.25, 0.3) is 0 Å². The lowest BCUT2D eigenvalue weighted by molar-refractivity contribution is -0.119. The van der Waals surface area contributed by atoms with Gasteiger partial charge in [-0.05, 0) is 27.2 Å². The van der Waals surface area contributed by atoms with Crippen molar-refractivity contribution in [2.45, 2.75) is 45.6 Å². The van der Waals surface area contributed by atoms with Crippen LogP contribution in [0.1, 0.15) is 40.0 Å². The minimum Gasteiger partial charge on any atom is -0.444 e. The molecule has 1 amide bonds. The fourth-order valence-corrected chi connectivity index (χ4v) is 2.49. The van der Waals surface area contributed by atoms with Gasteiger partial charge in [0.15, 0.2) is 0 Å². The van der Waals surface area contributed by atoms with Crippen LogP contribution in [0.4, 0.5) is 4.79 Å². The number of rotatable bonds is 0. The van der Waals surface area contributed by atoms with Crippen molar-refractivity contribution >= 4 is 11.9 Å². The Morgan fingerprint density at radius 3 is 2.44 bits per heavy atom. The first kappa shape index (κ1) is 11.4. The number of hydrogen-bond donors (Lipinski definition) is 0. The zero-order valence-corrected chi connectivity index (χ0v) is 10.2. The van der Waals surface area contributed by atoms with Crippen molar-refractivity contribution in [2.75, 3.05) is 13.1 Å². The highest BCUT2D eigenvalue weighted by atomic mass is 16.6. The van der Waals surface area contributed by atoms with E-state index in [-0.39, 0.29) is 11.5 Å². The molecular weight excluding hydrogens is 206 g/mol. The number of amides is 1. The van der Waals surface area contributed by atoms with Gasteiger partial charge in [0.25, 0.3) is 0 Å². The molecule has 0 aromatic heterocycles. The smallest absolute Gasteiger partial charge is 0.410 e. The van der Waals surface area contributed by atoms with Crippen LogP contribution >= 0.6 is 0 Å². The maximum atomic E-state index is 11.7. The third kappa shape index (κ3) is 2.20. The maximum Gasteiger partial charge on any atom is 0.410 e. The Morgan fingerprint density at radius 2 is 2.00 bits per heavy atom. The highest BCUT2D eigenvalue weighted by molar-refractivity contribution is 5.82. The monoisotopic (exact) mass is 225 g/mol. The Hall–Kier alpha value is -1.06. The van der Waals surface area contributed by atoms with Gasteiger partial charge in [0.05, 0.1) is 0 Å². The third-order valence-electron chi connectivity index (χ3n) is 3.21. The molecule has 1 aliphatic carbocycles. The fourth-order valence-electron chi connectivity index (χ4n) is 2.49. The van der Waals surface area contributed by atoms with Crippen molar-refractivity contribution < 1.29 is 14.3 Å². The summed E-state index contributed by atoms with van der Waals surface area (Å²) in [5, 5.41) is 0. The molecule has 0 N–H and O–H groups in total. The average molecular weight is 225 g/mol. The Bertz CT molecular complexity index is 324. The molecule has 1 heterocycles. The summed E-state index contributed by atoms with van der Waals surface area (Å²) in [6.07, 6.45) is 2.01. The van der Waals surface area contributed by atoms with Crippen LogP contribution < -0.4 is 0 Å². The number of ether oxygens (including phenoxy) is 1. The van der Waals surface area contributed by atoms with E-state index in [2.05, 4.69) is 0 Å². The molecule has 0 unspecified atom stereocenters. The first-order valence-corrected chi connectivity index (χ1v) is 5.79. The summed E-state index contributed by atoms with van der Waals surface area (Å²) in [5.41, 5.74) is -0.348. The molecule has 0 radical (unpaired) electrons. The van der Waals surface area contributed by atoms with Crippen molar-refractivity contribution in [2.24, 2.45) is 5.41 Å². The molecule has 1 saturated heterocycles. The number of likely N-dealkylation sites (tertiary alicyclic amines) is 1. The maximum absolute atomic E-state index is 11.7. The molecular formula is C12H19NO3. The molecule has 1 aliphatic heterocycles. The van der Waals surface area contributed by atoms with Crippen molar-refractivity contribution in [3.05, 3.63) is 0 Å². The van der Waals surface area contributed by atoms with Crippen LogP contribution in [0.15, 0.2) is 0 Å². The second-order valence-electron chi connectivity index (χ2n) is 6.05. The highest BCUT2D eigenvalue weighted by Gasteiger charge is 2.50. The van der Waals surface area contributed by atoms with E-state index in [4.69, 9.17) is 4.74 Å². The van der Waals surface area contributed by atoms with Crippen LogP contribution in [-0.4, -0.2) is 35.5 Å². The van der Waals surface area contributed by atoms with Crippen LogP contribution in [0, 0.1) is 5.41 Å². The lowest BCUT2D eigenvalue weighted by Gasteiger charge is -2.47. The van der Waals surface area contributed by atoms with Crippen LogP contribution in [-0.2, 0) is 9.53 Å². The van der Waals surface area contributed by atoms with Crippen molar-refractivity contribution in [1.29, 1.82) is 0 Å². The number of nitrogens with zero attached hydrogens (tertiary/aromatic N) is 1. The molecule has 90 valence electrons. The lowest BCUT2D eigenvalue weighted by Crippen LogP contribution is -2.58. The summed E-state index contributed by atoms with van der Waals surface area (Å²) in [7, 11) is 0. The second-order valence-corrected chi connectivity index (χ2v) is 6.05. The first-order chi connectivity index (χ1) is 7.30. The van der Waals surface area contributed by atoms with Gasteiger partial charge in [-0.2, -0.15) is 0 Å². The molecule has 0 aromatic rings. The molecule has 1 saturated carbocycles. The number of carbonyl (C=O) groups is 2.